The minimum atomic E-state index is -1.01. The third-order valence-electron chi connectivity index (χ3n) is 4.18. The highest BCUT2D eigenvalue weighted by atomic mass is 32.1. The van der Waals surface area contributed by atoms with E-state index in [9.17, 15) is 14.7 Å². The Bertz CT molecular complexity index is 760. The van der Waals surface area contributed by atoms with Crippen LogP contribution in [0.1, 0.15) is 28.1 Å². The third-order valence-corrected chi connectivity index (χ3v) is 5.17. The molecule has 0 saturated carbocycles. The Labute approximate surface area is 136 Å². The zero-order valence-corrected chi connectivity index (χ0v) is 12.9. The summed E-state index contributed by atoms with van der Waals surface area (Å²) in [7, 11) is 0. The molecule has 2 atom stereocenters. The molecule has 7 heteroatoms. The van der Waals surface area contributed by atoms with Gasteiger partial charge in [0, 0.05) is 4.88 Å². The number of carboxylic acids is 1. The largest absolute Gasteiger partial charge is 0.479 e. The first-order valence-electron chi connectivity index (χ1n) is 7.23. The summed E-state index contributed by atoms with van der Waals surface area (Å²) < 4.78 is 0. The lowest BCUT2D eigenvalue weighted by Crippen LogP contribution is -2.37. The van der Waals surface area contributed by atoms with Gasteiger partial charge in [-0.1, -0.05) is 30.3 Å². The summed E-state index contributed by atoms with van der Waals surface area (Å²) in [5.74, 6) is -1.01. The van der Waals surface area contributed by atoms with Gasteiger partial charge in [-0.05, 0) is 22.6 Å². The first-order valence-corrected chi connectivity index (χ1v) is 8.11. The molecule has 1 aromatic heterocycles. The number of carbonyl (C=O) groups is 2. The number of carbonyl (C=O) groups excluding carboxylic acids is 1. The highest BCUT2D eigenvalue weighted by molar-refractivity contribution is 7.10. The quantitative estimate of drug-likeness (QED) is 0.936. The van der Waals surface area contributed by atoms with Crippen molar-refractivity contribution in [2.45, 2.75) is 18.7 Å². The SMILES string of the molecule is O=C(O)C1c2sccc2C2CN1C(=O)N2OCc1ccccc1. The lowest BCUT2D eigenvalue weighted by molar-refractivity contribution is -0.143. The van der Waals surface area contributed by atoms with Gasteiger partial charge in [-0.3, -0.25) is 4.84 Å². The maximum absolute atomic E-state index is 12.6. The van der Waals surface area contributed by atoms with Crippen LogP contribution in [0, 0.1) is 0 Å². The molecule has 1 N–H and O–H groups in total. The number of fused-ring (bicyclic) bond motifs is 4. The topological polar surface area (TPSA) is 70.1 Å². The van der Waals surface area contributed by atoms with Gasteiger partial charge in [-0.15, -0.1) is 11.3 Å². The Morgan fingerprint density at radius 3 is 2.83 bits per heavy atom. The predicted octanol–water partition coefficient (Wildman–Crippen LogP) is 2.80. The van der Waals surface area contributed by atoms with Crippen LogP contribution in [0.3, 0.4) is 0 Å². The molecule has 0 spiro atoms. The van der Waals surface area contributed by atoms with E-state index in [1.165, 1.54) is 21.3 Å². The van der Waals surface area contributed by atoms with Crippen LogP contribution >= 0.6 is 11.3 Å². The molecule has 2 bridgehead atoms. The number of nitrogens with zero attached hydrogens (tertiary/aromatic N) is 2. The van der Waals surface area contributed by atoms with Crippen LogP contribution in [0.5, 0.6) is 0 Å². The lowest BCUT2D eigenvalue weighted by atomic mass is 10.00. The molecule has 23 heavy (non-hydrogen) atoms. The molecular weight excluding hydrogens is 316 g/mol. The smallest absolute Gasteiger partial charge is 0.345 e. The molecule has 0 aliphatic carbocycles. The second-order valence-electron chi connectivity index (χ2n) is 5.52. The van der Waals surface area contributed by atoms with Gasteiger partial charge in [0.25, 0.3) is 0 Å². The fraction of sp³-hybridized carbons (Fsp3) is 0.250. The monoisotopic (exact) mass is 330 g/mol. The number of urea groups is 1. The average Bonchev–Trinajstić information content (AvgIpc) is 3.13. The van der Waals surface area contributed by atoms with Crippen LogP contribution in [0.15, 0.2) is 41.8 Å². The molecule has 2 aliphatic heterocycles. The van der Waals surface area contributed by atoms with Crippen molar-refractivity contribution in [1.29, 1.82) is 0 Å². The van der Waals surface area contributed by atoms with Crippen molar-refractivity contribution in [2.75, 3.05) is 6.54 Å². The number of benzene rings is 1. The molecule has 6 nitrogen and oxygen atoms in total. The number of hydrogen-bond acceptors (Lipinski definition) is 4. The fourth-order valence-corrected chi connectivity index (χ4v) is 4.18. The maximum atomic E-state index is 12.6. The van der Waals surface area contributed by atoms with Crippen LogP contribution < -0.4 is 0 Å². The summed E-state index contributed by atoms with van der Waals surface area (Å²) in [5.41, 5.74) is 1.83. The Hall–Kier alpha value is -2.38. The van der Waals surface area contributed by atoms with E-state index in [2.05, 4.69) is 0 Å². The molecule has 4 rings (SSSR count). The van der Waals surface area contributed by atoms with E-state index in [0.29, 0.717) is 11.4 Å². The van der Waals surface area contributed by atoms with Crippen molar-refractivity contribution < 1.29 is 19.5 Å². The Balaban J connectivity index is 1.62. The number of rotatable bonds is 4. The van der Waals surface area contributed by atoms with E-state index in [0.717, 1.165) is 11.1 Å². The first kappa shape index (κ1) is 14.2. The van der Waals surface area contributed by atoms with Gasteiger partial charge in [0.1, 0.15) is 12.6 Å². The Morgan fingerprint density at radius 2 is 2.09 bits per heavy atom. The molecule has 1 fully saturated rings. The van der Waals surface area contributed by atoms with Gasteiger partial charge in [0.05, 0.1) is 6.54 Å². The number of hydroxylamine groups is 2. The van der Waals surface area contributed by atoms with Crippen molar-refractivity contribution in [2.24, 2.45) is 0 Å². The Morgan fingerprint density at radius 1 is 1.30 bits per heavy atom. The predicted molar refractivity (Wildman–Crippen MR) is 82.6 cm³/mol. The third kappa shape index (κ3) is 2.20. The molecule has 2 unspecified atom stereocenters. The summed E-state index contributed by atoms with van der Waals surface area (Å²) in [6, 6.07) is 9.90. The minimum Gasteiger partial charge on any atom is -0.479 e. The zero-order chi connectivity index (χ0) is 16.0. The van der Waals surface area contributed by atoms with Gasteiger partial charge in [0.15, 0.2) is 6.04 Å². The highest BCUT2D eigenvalue weighted by Gasteiger charge is 2.51. The summed E-state index contributed by atoms with van der Waals surface area (Å²) in [6.45, 7) is 0.614. The van der Waals surface area contributed by atoms with E-state index in [1.54, 1.807) is 0 Å². The van der Waals surface area contributed by atoms with Crippen LogP contribution in [-0.4, -0.2) is 33.6 Å². The van der Waals surface area contributed by atoms with Gasteiger partial charge in [-0.2, -0.15) is 5.06 Å². The number of aliphatic carboxylic acids is 1. The van der Waals surface area contributed by atoms with E-state index >= 15 is 0 Å². The molecule has 118 valence electrons. The molecule has 1 aromatic carbocycles. The molecule has 1 saturated heterocycles. The second-order valence-corrected chi connectivity index (χ2v) is 6.46. The fourth-order valence-electron chi connectivity index (χ4n) is 3.12. The van der Waals surface area contributed by atoms with Crippen molar-refractivity contribution in [1.82, 2.24) is 9.96 Å². The Kier molecular flexibility index (Phi) is 3.32. The zero-order valence-electron chi connectivity index (χ0n) is 12.1. The molecular formula is C16H14N2O4S. The summed E-state index contributed by atoms with van der Waals surface area (Å²) in [5, 5.41) is 12.7. The summed E-state index contributed by atoms with van der Waals surface area (Å²) in [4.78, 5) is 32.0. The van der Waals surface area contributed by atoms with Crippen molar-refractivity contribution in [3.05, 3.63) is 57.8 Å². The van der Waals surface area contributed by atoms with Gasteiger partial charge in [-0.25, -0.2) is 9.59 Å². The first-order chi connectivity index (χ1) is 11.2. The maximum Gasteiger partial charge on any atom is 0.345 e. The normalized spacial score (nSPS) is 22.3. The number of thiophene rings is 1. The van der Waals surface area contributed by atoms with Crippen molar-refractivity contribution >= 4 is 23.3 Å². The lowest BCUT2D eigenvalue weighted by Gasteiger charge is -2.27. The molecule has 2 aromatic rings. The standard InChI is InChI=1S/C16H14N2O4S/c19-15(20)13-14-11(6-7-23-14)12-8-17(13)16(21)18(12)22-9-10-4-2-1-3-5-10/h1-7,12-13H,8-9H2,(H,19,20). The van der Waals surface area contributed by atoms with Gasteiger partial charge < -0.3 is 10.0 Å². The van der Waals surface area contributed by atoms with Crippen LogP contribution in [0.2, 0.25) is 0 Å². The molecule has 0 radical (unpaired) electrons. The molecule has 2 amide bonds. The van der Waals surface area contributed by atoms with Crippen LogP contribution in [-0.2, 0) is 16.2 Å². The van der Waals surface area contributed by atoms with E-state index in [4.69, 9.17) is 4.84 Å². The van der Waals surface area contributed by atoms with Crippen molar-refractivity contribution in [3.63, 3.8) is 0 Å². The van der Waals surface area contributed by atoms with Crippen LogP contribution in [0.25, 0.3) is 0 Å². The van der Waals surface area contributed by atoms with Crippen LogP contribution in [0.4, 0.5) is 4.79 Å². The number of hydrogen-bond donors (Lipinski definition) is 1. The van der Waals surface area contributed by atoms with E-state index in [-0.39, 0.29) is 18.7 Å². The van der Waals surface area contributed by atoms with E-state index < -0.39 is 12.0 Å². The second kappa shape index (κ2) is 5.36. The highest BCUT2D eigenvalue weighted by Crippen LogP contribution is 2.46. The van der Waals surface area contributed by atoms with Gasteiger partial charge >= 0.3 is 12.0 Å². The number of carboxylic acid groups (broad SMARTS) is 1. The summed E-state index contributed by atoms with van der Waals surface area (Å²) >= 11 is 1.37. The van der Waals surface area contributed by atoms with Gasteiger partial charge in [0.2, 0.25) is 0 Å². The minimum absolute atomic E-state index is 0.247. The van der Waals surface area contributed by atoms with Crippen molar-refractivity contribution in [3.8, 4) is 0 Å². The molecule has 3 heterocycles. The number of amides is 2. The molecule has 2 aliphatic rings. The summed E-state index contributed by atoms with van der Waals surface area (Å²) in [6.07, 6.45) is 0. The van der Waals surface area contributed by atoms with E-state index in [1.807, 2.05) is 41.8 Å². The average molecular weight is 330 g/mol.